The number of nitrogens with one attached hydrogen (secondary N) is 3. The monoisotopic (exact) mass is 263 g/mol. The van der Waals surface area contributed by atoms with Crippen molar-refractivity contribution < 1.29 is 9.59 Å². The zero-order valence-corrected chi connectivity index (χ0v) is 11.4. The lowest BCUT2D eigenvalue weighted by Crippen LogP contribution is -2.34. The Hall–Kier alpha value is -2.04. The number of carbonyl (C=O) groups excluding carboxylic acids is 2. The maximum Gasteiger partial charge on any atom is 0.319 e. The molecule has 0 atom stereocenters. The molecule has 0 aliphatic carbocycles. The summed E-state index contributed by atoms with van der Waals surface area (Å²) < 4.78 is 0. The van der Waals surface area contributed by atoms with Gasteiger partial charge in [0.15, 0.2) is 0 Å². The second-order valence-electron chi connectivity index (χ2n) is 4.69. The minimum atomic E-state index is -0.303. The van der Waals surface area contributed by atoms with Crippen molar-refractivity contribution in [2.75, 3.05) is 18.4 Å². The summed E-state index contributed by atoms with van der Waals surface area (Å²) in [5.74, 6) is 0.381. The molecule has 3 N–H and O–H groups in total. The summed E-state index contributed by atoms with van der Waals surface area (Å²) in [7, 11) is 0. The summed E-state index contributed by atoms with van der Waals surface area (Å²) in [5, 5.41) is 8.12. The van der Waals surface area contributed by atoms with E-state index in [1.54, 1.807) is 12.1 Å². The SMILES string of the molecule is CC(C)CNC(=O)CCNC(=O)Nc1ccccc1. The minimum Gasteiger partial charge on any atom is -0.356 e. The summed E-state index contributed by atoms with van der Waals surface area (Å²) in [6.07, 6.45) is 0.287. The summed E-state index contributed by atoms with van der Waals surface area (Å²) in [5.41, 5.74) is 0.726. The van der Waals surface area contributed by atoms with Crippen molar-refractivity contribution in [2.24, 2.45) is 5.92 Å². The van der Waals surface area contributed by atoms with Crippen LogP contribution in [0.25, 0.3) is 0 Å². The lowest BCUT2D eigenvalue weighted by Gasteiger charge is -2.09. The van der Waals surface area contributed by atoms with E-state index < -0.39 is 0 Å². The number of urea groups is 1. The molecule has 0 saturated carbocycles. The van der Waals surface area contributed by atoms with E-state index in [2.05, 4.69) is 16.0 Å². The van der Waals surface area contributed by atoms with Gasteiger partial charge in [0.25, 0.3) is 0 Å². The van der Waals surface area contributed by atoms with Crippen molar-refractivity contribution in [1.82, 2.24) is 10.6 Å². The molecule has 3 amide bonds. The van der Waals surface area contributed by atoms with Gasteiger partial charge in [-0.1, -0.05) is 32.0 Å². The Morgan fingerprint density at radius 2 is 1.79 bits per heavy atom. The maximum absolute atomic E-state index is 11.5. The van der Waals surface area contributed by atoms with E-state index in [-0.39, 0.29) is 18.4 Å². The third kappa shape index (κ3) is 7.08. The lowest BCUT2D eigenvalue weighted by atomic mass is 10.2. The molecule has 0 aliphatic heterocycles. The highest BCUT2D eigenvalue weighted by Gasteiger charge is 2.04. The van der Waals surface area contributed by atoms with Gasteiger partial charge in [0.2, 0.25) is 5.91 Å². The number of para-hydroxylation sites is 1. The second-order valence-corrected chi connectivity index (χ2v) is 4.69. The molecule has 0 radical (unpaired) electrons. The Balaban J connectivity index is 2.15. The van der Waals surface area contributed by atoms with E-state index >= 15 is 0 Å². The average Bonchev–Trinajstić information content (AvgIpc) is 2.37. The van der Waals surface area contributed by atoms with Crippen molar-refractivity contribution in [3.05, 3.63) is 30.3 Å². The van der Waals surface area contributed by atoms with E-state index in [0.717, 1.165) is 5.69 Å². The van der Waals surface area contributed by atoms with Crippen molar-refractivity contribution in [1.29, 1.82) is 0 Å². The van der Waals surface area contributed by atoms with Crippen LogP contribution in [-0.2, 0) is 4.79 Å². The smallest absolute Gasteiger partial charge is 0.319 e. The van der Waals surface area contributed by atoms with Crippen LogP contribution in [0.3, 0.4) is 0 Å². The van der Waals surface area contributed by atoms with Gasteiger partial charge in [-0.05, 0) is 18.1 Å². The Morgan fingerprint density at radius 3 is 2.42 bits per heavy atom. The van der Waals surface area contributed by atoms with Gasteiger partial charge in [0, 0.05) is 25.2 Å². The van der Waals surface area contributed by atoms with Gasteiger partial charge in [0.05, 0.1) is 0 Å². The van der Waals surface area contributed by atoms with E-state index in [0.29, 0.717) is 19.0 Å². The molecule has 0 bridgehead atoms. The molecular weight excluding hydrogens is 242 g/mol. The van der Waals surface area contributed by atoms with Gasteiger partial charge < -0.3 is 16.0 Å². The molecule has 0 unspecified atom stereocenters. The quantitative estimate of drug-likeness (QED) is 0.734. The van der Waals surface area contributed by atoms with Crippen molar-refractivity contribution in [3.63, 3.8) is 0 Å². The van der Waals surface area contributed by atoms with Crippen LogP contribution in [0.4, 0.5) is 10.5 Å². The average molecular weight is 263 g/mol. The van der Waals surface area contributed by atoms with Crippen LogP contribution in [0.15, 0.2) is 30.3 Å². The van der Waals surface area contributed by atoms with Crippen LogP contribution in [0.5, 0.6) is 0 Å². The Bertz CT molecular complexity index is 404. The number of hydrogen-bond acceptors (Lipinski definition) is 2. The number of rotatable bonds is 6. The summed E-state index contributed by atoms with van der Waals surface area (Å²) in [4.78, 5) is 22.9. The molecule has 5 heteroatoms. The lowest BCUT2D eigenvalue weighted by molar-refractivity contribution is -0.121. The van der Waals surface area contributed by atoms with Gasteiger partial charge in [-0.15, -0.1) is 0 Å². The van der Waals surface area contributed by atoms with Crippen LogP contribution >= 0.6 is 0 Å². The fourth-order valence-electron chi connectivity index (χ4n) is 1.39. The van der Waals surface area contributed by atoms with Crippen LogP contribution in [0.1, 0.15) is 20.3 Å². The Kier molecular flexibility index (Phi) is 6.43. The van der Waals surface area contributed by atoms with Crippen molar-refractivity contribution in [2.45, 2.75) is 20.3 Å². The zero-order chi connectivity index (χ0) is 14.1. The van der Waals surface area contributed by atoms with Gasteiger partial charge in [-0.2, -0.15) is 0 Å². The first-order valence-corrected chi connectivity index (χ1v) is 6.44. The topological polar surface area (TPSA) is 70.2 Å². The van der Waals surface area contributed by atoms with Crippen molar-refractivity contribution >= 4 is 17.6 Å². The molecule has 1 aromatic rings. The van der Waals surface area contributed by atoms with Gasteiger partial charge in [0.1, 0.15) is 0 Å². The predicted molar refractivity (Wildman–Crippen MR) is 75.9 cm³/mol. The highest BCUT2D eigenvalue weighted by Crippen LogP contribution is 2.03. The van der Waals surface area contributed by atoms with Crippen molar-refractivity contribution in [3.8, 4) is 0 Å². The number of anilines is 1. The third-order valence-corrected chi connectivity index (χ3v) is 2.38. The van der Waals surface area contributed by atoms with E-state index in [4.69, 9.17) is 0 Å². The van der Waals surface area contributed by atoms with Crippen LogP contribution in [0.2, 0.25) is 0 Å². The van der Waals surface area contributed by atoms with Gasteiger partial charge in [-0.25, -0.2) is 4.79 Å². The zero-order valence-electron chi connectivity index (χ0n) is 11.4. The molecule has 19 heavy (non-hydrogen) atoms. The van der Waals surface area contributed by atoms with Gasteiger partial charge in [-0.3, -0.25) is 4.79 Å². The summed E-state index contributed by atoms with van der Waals surface area (Å²) in [6.45, 7) is 5.05. The fourth-order valence-corrected chi connectivity index (χ4v) is 1.39. The molecule has 0 saturated heterocycles. The highest BCUT2D eigenvalue weighted by atomic mass is 16.2. The molecule has 0 aromatic heterocycles. The molecule has 104 valence electrons. The first-order chi connectivity index (χ1) is 9.08. The van der Waals surface area contributed by atoms with E-state index in [1.807, 2.05) is 32.0 Å². The van der Waals surface area contributed by atoms with Crippen LogP contribution in [-0.4, -0.2) is 25.0 Å². The molecule has 1 rings (SSSR count). The molecule has 1 aromatic carbocycles. The molecule has 0 aliphatic rings. The molecule has 0 spiro atoms. The van der Waals surface area contributed by atoms with Gasteiger partial charge >= 0.3 is 6.03 Å². The number of amides is 3. The maximum atomic E-state index is 11.5. The van der Waals surface area contributed by atoms with Crippen LogP contribution in [0, 0.1) is 5.92 Å². The van der Waals surface area contributed by atoms with E-state index in [1.165, 1.54) is 0 Å². The molecule has 0 heterocycles. The number of benzene rings is 1. The second kappa shape index (κ2) is 8.13. The molecule has 0 fully saturated rings. The molecular formula is C14H21N3O2. The number of carbonyl (C=O) groups is 2. The molecule has 5 nitrogen and oxygen atoms in total. The Morgan fingerprint density at radius 1 is 1.11 bits per heavy atom. The van der Waals surface area contributed by atoms with Crippen LogP contribution < -0.4 is 16.0 Å². The largest absolute Gasteiger partial charge is 0.356 e. The summed E-state index contributed by atoms with van der Waals surface area (Å²) in [6, 6.07) is 8.86. The minimum absolute atomic E-state index is 0.0475. The Labute approximate surface area is 113 Å². The van der Waals surface area contributed by atoms with E-state index in [9.17, 15) is 9.59 Å². The standard InChI is InChI=1S/C14H21N3O2/c1-11(2)10-16-13(18)8-9-15-14(19)17-12-6-4-3-5-7-12/h3-7,11H,8-10H2,1-2H3,(H,16,18)(H2,15,17,19). The predicted octanol–water partition coefficient (Wildman–Crippen LogP) is 1.97. The fraction of sp³-hybridized carbons (Fsp3) is 0.429. The highest BCUT2D eigenvalue weighted by molar-refractivity contribution is 5.89. The first kappa shape index (κ1) is 15.0. The number of hydrogen-bond donors (Lipinski definition) is 3. The normalized spacial score (nSPS) is 10.1. The first-order valence-electron chi connectivity index (χ1n) is 6.44. The summed E-state index contributed by atoms with van der Waals surface area (Å²) >= 11 is 0. The third-order valence-electron chi connectivity index (χ3n) is 2.38.